The average Bonchev–Trinajstić information content (AvgIpc) is 2.65. The van der Waals surface area contributed by atoms with Gasteiger partial charge in [0.1, 0.15) is 0 Å². The highest BCUT2D eigenvalue weighted by Crippen LogP contribution is 2.12. The highest BCUT2D eigenvalue weighted by Gasteiger charge is 2.16. The third-order valence-corrected chi connectivity index (χ3v) is 3.96. The fourth-order valence-corrected chi connectivity index (χ4v) is 2.68. The lowest BCUT2D eigenvalue weighted by Crippen LogP contribution is -2.34. The van der Waals surface area contributed by atoms with Crippen molar-refractivity contribution in [3.05, 3.63) is 35.4 Å². The van der Waals surface area contributed by atoms with E-state index in [1.165, 1.54) is 18.5 Å². The summed E-state index contributed by atoms with van der Waals surface area (Å²) in [5, 5.41) is 8.90. The van der Waals surface area contributed by atoms with Crippen LogP contribution in [0.3, 0.4) is 0 Å². The van der Waals surface area contributed by atoms with E-state index in [9.17, 15) is 4.79 Å². The van der Waals surface area contributed by atoms with Gasteiger partial charge in [-0.2, -0.15) is 0 Å². The van der Waals surface area contributed by atoms with E-state index in [-0.39, 0.29) is 0 Å². The van der Waals surface area contributed by atoms with Gasteiger partial charge >= 0.3 is 5.97 Å². The third kappa shape index (κ3) is 4.05. The van der Waals surface area contributed by atoms with E-state index >= 15 is 0 Å². The van der Waals surface area contributed by atoms with Gasteiger partial charge in [0, 0.05) is 25.7 Å². The van der Waals surface area contributed by atoms with Crippen molar-refractivity contribution in [3.8, 4) is 0 Å². The van der Waals surface area contributed by atoms with Gasteiger partial charge in [-0.3, -0.25) is 9.80 Å². The first kappa shape index (κ1) is 15.0. The zero-order valence-electron chi connectivity index (χ0n) is 12.4. The molecule has 0 aromatic heterocycles. The van der Waals surface area contributed by atoms with Crippen LogP contribution in [0.2, 0.25) is 0 Å². The summed E-state index contributed by atoms with van der Waals surface area (Å²) in [7, 11) is 0. The summed E-state index contributed by atoms with van der Waals surface area (Å²) >= 11 is 0. The Morgan fingerprint density at radius 3 is 2.45 bits per heavy atom. The molecule has 0 amide bonds. The van der Waals surface area contributed by atoms with Crippen molar-refractivity contribution in [1.29, 1.82) is 0 Å². The summed E-state index contributed by atoms with van der Waals surface area (Å²) in [5.74, 6) is -0.862. The summed E-state index contributed by atoms with van der Waals surface area (Å²) in [4.78, 5) is 15.8. The Morgan fingerprint density at radius 1 is 1.15 bits per heavy atom. The number of nitrogens with zero attached hydrogens (tertiary/aromatic N) is 2. The standard InChI is InChI=1S/C16H24N2O2/c1-13(2)18-9-3-8-17(10-11-18)12-14-4-6-15(7-5-14)16(19)20/h4-7,13H,3,8-12H2,1-2H3,(H,19,20). The van der Waals surface area contributed by atoms with Crippen molar-refractivity contribution in [1.82, 2.24) is 9.80 Å². The molecular formula is C16H24N2O2. The van der Waals surface area contributed by atoms with Crippen molar-refractivity contribution in [2.75, 3.05) is 26.2 Å². The van der Waals surface area contributed by atoms with E-state index in [0.717, 1.165) is 26.2 Å². The number of carboxylic acid groups (broad SMARTS) is 1. The Hall–Kier alpha value is -1.39. The minimum Gasteiger partial charge on any atom is -0.478 e. The minimum absolute atomic E-state index is 0.357. The molecule has 1 aromatic rings. The van der Waals surface area contributed by atoms with Gasteiger partial charge in [-0.1, -0.05) is 12.1 Å². The van der Waals surface area contributed by atoms with E-state index < -0.39 is 5.97 Å². The number of carbonyl (C=O) groups is 1. The molecule has 1 aliphatic heterocycles. The van der Waals surface area contributed by atoms with E-state index in [2.05, 4.69) is 23.6 Å². The molecule has 1 saturated heterocycles. The first-order valence-electron chi connectivity index (χ1n) is 7.35. The predicted octanol–water partition coefficient (Wildman–Crippen LogP) is 2.30. The van der Waals surface area contributed by atoms with Crippen LogP contribution in [0, 0.1) is 0 Å². The van der Waals surface area contributed by atoms with Crippen molar-refractivity contribution in [2.45, 2.75) is 32.9 Å². The first-order chi connectivity index (χ1) is 9.56. The van der Waals surface area contributed by atoms with Gasteiger partial charge < -0.3 is 5.11 Å². The molecule has 1 N–H and O–H groups in total. The van der Waals surface area contributed by atoms with Crippen LogP contribution in [0.15, 0.2) is 24.3 Å². The number of hydrogen-bond acceptors (Lipinski definition) is 3. The molecule has 1 aliphatic rings. The highest BCUT2D eigenvalue weighted by molar-refractivity contribution is 5.87. The molecule has 0 spiro atoms. The number of rotatable bonds is 4. The molecule has 20 heavy (non-hydrogen) atoms. The minimum atomic E-state index is -0.862. The Balaban J connectivity index is 1.91. The average molecular weight is 276 g/mol. The predicted molar refractivity (Wildman–Crippen MR) is 80.0 cm³/mol. The summed E-state index contributed by atoms with van der Waals surface area (Å²) in [6.45, 7) is 9.90. The summed E-state index contributed by atoms with van der Waals surface area (Å²) < 4.78 is 0. The van der Waals surface area contributed by atoms with Crippen molar-refractivity contribution < 1.29 is 9.90 Å². The zero-order valence-corrected chi connectivity index (χ0v) is 12.4. The molecule has 1 aromatic carbocycles. The number of benzene rings is 1. The molecule has 1 heterocycles. The molecule has 1 fully saturated rings. The molecule has 4 nitrogen and oxygen atoms in total. The van der Waals surface area contributed by atoms with Crippen molar-refractivity contribution in [2.24, 2.45) is 0 Å². The van der Waals surface area contributed by atoms with Crippen molar-refractivity contribution >= 4 is 5.97 Å². The molecular weight excluding hydrogens is 252 g/mol. The SMILES string of the molecule is CC(C)N1CCCN(Cc2ccc(C(=O)O)cc2)CC1. The number of carboxylic acids is 1. The van der Waals surface area contributed by atoms with E-state index in [1.54, 1.807) is 12.1 Å². The maximum atomic E-state index is 10.8. The van der Waals surface area contributed by atoms with Gasteiger partial charge in [-0.05, 0) is 51.1 Å². The van der Waals surface area contributed by atoms with Crippen LogP contribution in [-0.4, -0.2) is 53.1 Å². The molecule has 0 atom stereocenters. The Kier molecular flexibility index (Phi) is 5.15. The Bertz CT molecular complexity index is 442. The Morgan fingerprint density at radius 2 is 1.85 bits per heavy atom. The van der Waals surface area contributed by atoms with E-state index in [0.29, 0.717) is 11.6 Å². The normalized spacial score (nSPS) is 18.1. The van der Waals surface area contributed by atoms with Crippen LogP contribution in [0.25, 0.3) is 0 Å². The van der Waals surface area contributed by atoms with Crippen LogP contribution in [-0.2, 0) is 6.54 Å². The van der Waals surface area contributed by atoms with Crippen LogP contribution >= 0.6 is 0 Å². The van der Waals surface area contributed by atoms with Gasteiger partial charge in [-0.15, -0.1) is 0 Å². The van der Waals surface area contributed by atoms with Gasteiger partial charge in [0.05, 0.1) is 5.56 Å². The van der Waals surface area contributed by atoms with Crippen LogP contribution in [0.5, 0.6) is 0 Å². The van der Waals surface area contributed by atoms with Crippen LogP contribution in [0.1, 0.15) is 36.2 Å². The zero-order chi connectivity index (χ0) is 14.5. The summed E-state index contributed by atoms with van der Waals surface area (Å²) in [5.41, 5.74) is 1.54. The van der Waals surface area contributed by atoms with Gasteiger partial charge in [-0.25, -0.2) is 4.79 Å². The van der Waals surface area contributed by atoms with Gasteiger partial charge in [0.2, 0.25) is 0 Å². The molecule has 0 radical (unpaired) electrons. The largest absolute Gasteiger partial charge is 0.478 e. The fourth-order valence-electron chi connectivity index (χ4n) is 2.68. The number of aromatic carboxylic acids is 1. The van der Waals surface area contributed by atoms with E-state index in [4.69, 9.17) is 5.11 Å². The first-order valence-corrected chi connectivity index (χ1v) is 7.35. The maximum absolute atomic E-state index is 10.8. The second kappa shape index (κ2) is 6.86. The lowest BCUT2D eigenvalue weighted by Gasteiger charge is -2.24. The smallest absolute Gasteiger partial charge is 0.335 e. The molecule has 4 heteroatoms. The lowest BCUT2D eigenvalue weighted by atomic mass is 10.1. The molecule has 110 valence electrons. The fraction of sp³-hybridized carbons (Fsp3) is 0.562. The lowest BCUT2D eigenvalue weighted by molar-refractivity contribution is 0.0697. The van der Waals surface area contributed by atoms with Gasteiger partial charge in [0.15, 0.2) is 0 Å². The molecule has 0 aliphatic carbocycles. The summed E-state index contributed by atoms with van der Waals surface area (Å²) in [6.07, 6.45) is 1.20. The summed E-state index contributed by atoms with van der Waals surface area (Å²) in [6, 6.07) is 7.85. The topological polar surface area (TPSA) is 43.8 Å². The second-order valence-corrected chi connectivity index (χ2v) is 5.76. The quantitative estimate of drug-likeness (QED) is 0.916. The van der Waals surface area contributed by atoms with Crippen LogP contribution in [0.4, 0.5) is 0 Å². The molecule has 0 unspecified atom stereocenters. The third-order valence-electron chi connectivity index (χ3n) is 3.96. The highest BCUT2D eigenvalue weighted by atomic mass is 16.4. The molecule has 2 rings (SSSR count). The second-order valence-electron chi connectivity index (χ2n) is 5.76. The van der Waals surface area contributed by atoms with Crippen LogP contribution < -0.4 is 0 Å². The van der Waals surface area contributed by atoms with Gasteiger partial charge in [0.25, 0.3) is 0 Å². The molecule has 0 bridgehead atoms. The molecule has 0 saturated carbocycles. The Labute approximate surface area is 121 Å². The van der Waals surface area contributed by atoms with E-state index in [1.807, 2.05) is 12.1 Å². The monoisotopic (exact) mass is 276 g/mol. The van der Waals surface area contributed by atoms with Crippen molar-refractivity contribution in [3.63, 3.8) is 0 Å². The number of hydrogen-bond donors (Lipinski definition) is 1. The maximum Gasteiger partial charge on any atom is 0.335 e.